The molecule has 1 aromatic heterocycles. The first-order valence-corrected chi connectivity index (χ1v) is 3.86. The van der Waals surface area contributed by atoms with E-state index in [4.69, 9.17) is 22.1 Å². The highest BCUT2D eigenvalue weighted by atomic mass is 35.5. The number of hydrogen-bond donors (Lipinski definition) is 1. The quantitative estimate of drug-likeness (QED) is 0.742. The Bertz CT molecular complexity index is 225. The number of hydrogen-bond acceptors (Lipinski definition) is 4. The molecule has 0 bridgehead atoms. The number of halogens is 1. The molecule has 3 nitrogen and oxygen atoms in total. The van der Waals surface area contributed by atoms with Gasteiger partial charge >= 0.3 is 0 Å². The summed E-state index contributed by atoms with van der Waals surface area (Å²) in [4.78, 5) is 4.74. The third kappa shape index (κ3) is 1.39. The zero-order valence-corrected chi connectivity index (χ0v) is 7.00. The van der Waals surface area contributed by atoms with Crippen LogP contribution < -0.4 is 10.5 Å². The van der Waals surface area contributed by atoms with Gasteiger partial charge in [-0.3, -0.25) is 0 Å². The maximum absolute atomic E-state index is 5.66. The van der Waals surface area contributed by atoms with Crippen molar-refractivity contribution in [3.8, 4) is 5.19 Å². The Hall–Kier alpha value is -0.320. The van der Waals surface area contributed by atoms with Gasteiger partial charge in [-0.15, -0.1) is 0 Å². The van der Waals surface area contributed by atoms with E-state index in [0.29, 0.717) is 16.9 Å². The first-order valence-electron chi connectivity index (χ1n) is 2.67. The van der Waals surface area contributed by atoms with Crippen LogP contribution in [0.4, 0.5) is 0 Å². The van der Waals surface area contributed by atoms with Gasteiger partial charge in [0.2, 0.25) is 0 Å². The fourth-order valence-corrected chi connectivity index (χ4v) is 1.49. The second-order valence-electron chi connectivity index (χ2n) is 1.60. The summed E-state index contributed by atoms with van der Waals surface area (Å²) in [5.74, 6) is 0. The van der Waals surface area contributed by atoms with Gasteiger partial charge in [-0.1, -0.05) is 22.9 Å². The number of rotatable bonds is 2. The molecular formula is C5H7ClN2OS. The SMILES string of the molecule is COc1nc(Cl)c(CN)s1. The molecule has 1 heterocycles. The molecule has 0 spiro atoms. The van der Waals surface area contributed by atoms with E-state index >= 15 is 0 Å². The molecule has 10 heavy (non-hydrogen) atoms. The van der Waals surface area contributed by atoms with Crippen molar-refractivity contribution in [1.82, 2.24) is 4.98 Å². The summed E-state index contributed by atoms with van der Waals surface area (Å²) in [6.07, 6.45) is 0. The number of nitrogens with two attached hydrogens (primary N) is 1. The number of ether oxygens (including phenoxy) is 1. The third-order valence-corrected chi connectivity index (χ3v) is 2.45. The Balaban J connectivity index is 2.92. The first kappa shape index (κ1) is 7.78. The van der Waals surface area contributed by atoms with Crippen molar-refractivity contribution in [2.45, 2.75) is 6.54 Å². The molecule has 2 N–H and O–H groups in total. The van der Waals surface area contributed by atoms with Gasteiger partial charge in [-0.2, -0.15) is 4.98 Å². The zero-order chi connectivity index (χ0) is 7.56. The van der Waals surface area contributed by atoms with Crippen molar-refractivity contribution in [2.24, 2.45) is 5.73 Å². The van der Waals surface area contributed by atoms with Gasteiger partial charge in [0.25, 0.3) is 5.19 Å². The molecule has 0 unspecified atom stereocenters. The van der Waals surface area contributed by atoms with Crippen molar-refractivity contribution in [1.29, 1.82) is 0 Å². The highest BCUT2D eigenvalue weighted by Crippen LogP contribution is 2.27. The fraction of sp³-hybridized carbons (Fsp3) is 0.400. The molecule has 0 aliphatic rings. The van der Waals surface area contributed by atoms with Crippen LogP contribution in [0.5, 0.6) is 5.19 Å². The Labute approximate surface area is 67.8 Å². The minimum atomic E-state index is 0.417. The lowest BCUT2D eigenvalue weighted by Crippen LogP contribution is -1.92. The lowest BCUT2D eigenvalue weighted by Gasteiger charge is -1.85. The number of methoxy groups -OCH3 is 1. The predicted octanol–water partition coefficient (Wildman–Crippen LogP) is 1.26. The molecule has 5 heteroatoms. The largest absolute Gasteiger partial charge is 0.473 e. The molecule has 0 aliphatic carbocycles. The van der Waals surface area contributed by atoms with Gasteiger partial charge in [0, 0.05) is 6.54 Å². The van der Waals surface area contributed by atoms with Crippen molar-refractivity contribution >= 4 is 22.9 Å². The predicted molar refractivity (Wildman–Crippen MR) is 41.6 cm³/mol. The standard InChI is InChI=1S/C5H7ClN2OS/c1-9-5-8-4(6)3(2-7)10-5/h2,7H2,1H3. The first-order chi connectivity index (χ1) is 4.77. The molecule has 0 saturated heterocycles. The maximum atomic E-state index is 5.66. The Morgan fingerprint density at radius 2 is 2.50 bits per heavy atom. The van der Waals surface area contributed by atoms with Crippen LogP contribution in [0.1, 0.15) is 4.88 Å². The van der Waals surface area contributed by atoms with Gasteiger partial charge in [-0.25, -0.2) is 0 Å². The Morgan fingerprint density at radius 3 is 2.80 bits per heavy atom. The molecule has 56 valence electrons. The van der Waals surface area contributed by atoms with Gasteiger partial charge in [-0.05, 0) is 0 Å². The summed E-state index contributed by atoms with van der Waals surface area (Å²) in [5, 5.41) is 1.01. The second-order valence-corrected chi connectivity index (χ2v) is 3.01. The Morgan fingerprint density at radius 1 is 1.80 bits per heavy atom. The normalized spacial score (nSPS) is 9.90. The van der Waals surface area contributed by atoms with Crippen molar-refractivity contribution in [2.75, 3.05) is 7.11 Å². The smallest absolute Gasteiger partial charge is 0.274 e. The van der Waals surface area contributed by atoms with E-state index in [9.17, 15) is 0 Å². The summed E-state index contributed by atoms with van der Waals surface area (Å²) in [7, 11) is 1.55. The Kier molecular flexibility index (Phi) is 2.48. The van der Waals surface area contributed by atoms with E-state index in [1.165, 1.54) is 11.3 Å². The van der Waals surface area contributed by atoms with Crippen LogP contribution in [0.25, 0.3) is 0 Å². The average Bonchev–Trinajstić information content (AvgIpc) is 2.30. The minimum absolute atomic E-state index is 0.417. The van der Waals surface area contributed by atoms with Crippen LogP contribution in [0.3, 0.4) is 0 Å². The molecule has 0 amide bonds. The van der Waals surface area contributed by atoms with E-state index in [1.807, 2.05) is 0 Å². The summed E-state index contributed by atoms with van der Waals surface area (Å²) >= 11 is 7.03. The highest BCUT2D eigenvalue weighted by molar-refractivity contribution is 7.13. The van der Waals surface area contributed by atoms with Crippen LogP contribution in [0.15, 0.2) is 0 Å². The van der Waals surface area contributed by atoms with Gasteiger partial charge in [0.15, 0.2) is 0 Å². The molecule has 0 aromatic carbocycles. The zero-order valence-electron chi connectivity index (χ0n) is 5.43. The van der Waals surface area contributed by atoms with Gasteiger partial charge in [0.05, 0.1) is 12.0 Å². The molecule has 0 aliphatic heterocycles. The summed E-state index contributed by atoms with van der Waals surface area (Å²) in [6.45, 7) is 0.417. The van der Waals surface area contributed by atoms with Crippen LogP contribution in [0.2, 0.25) is 5.15 Å². The molecule has 1 aromatic rings. The molecule has 0 atom stereocenters. The number of aromatic nitrogens is 1. The van der Waals surface area contributed by atoms with Gasteiger partial charge in [0.1, 0.15) is 5.15 Å². The minimum Gasteiger partial charge on any atom is -0.473 e. The van der Waals surface area contributed by atoms with Gasteiger partial charge < -0.3 is 10.5 Å². The fourth-order valence-electron chi connectivity index (χ4n) is 0.526. The van der Waals surface area contributed by atoms with Crippen molar-refractivity contribution < 1.29 is 4.74 Å². The van der Waals surface area contributed by atoms with E-state index < -0.39 is 0 Å². The maximum Gasteiger partial charge on any atom is 0.274 e. The van der Waals surface area contributed by atoms with Crippen molar-refractivity contribution in [3.05, 3.63) is 10.0 Å². The summed E-state index contributed by atoms with van der Waals surface area (Å²) in [6, 6.07) is 0. The molecule has 1 rings (SSSR count). The number of nitrogens with zero attached hydrogens (tertiary/aromatic N) is 1. The molecule has 0 fully saturated rings. The topological polar surface area (TPSA) is 48.1 Å². The van der Waals surface area contributed by atoms with E-state index in [2.05, 4.69) is 4.98 Å². The molecule has 0 saturated carbocycles. The van der Waals surface area contributed by atoms with Crippen LogP contribution in [-0.4, -0.2) is 12.1 Å². The van der Waals surface area contributed by atoms with Crippen LogP contribution in [-0.2, 0) is 6.54 Å². The highest BCUT2D eigenvalue weighted by Gasteiger charge is 2.06. The van der Waals surface area contributed by atoms with E-state index in [0.717, 1.165) is 4.88 Å². The second kappa shape index (κ2) is 3.18. The van der Waals surface area contributed by atoms with E-state index in [-0.39, 0.29) is 0 Å². The average molecular weight is 179 g/mol. The third-order valence-electron chi connectivity index (χ3n) is 0.990. The van der Waals surface area contributed by atoms with E-state index in [1.54, 1.807) is 7.11 Å². The summed E-state index contributed by atoms with van der Waals surface area (Å²) in [5.41, 5.74) is 5.35. The summed E-state index contributed by atoms with van der Waals surface area (Å²) < 4.78 is 4.84. The molecule has 0 radical (unpaired) electrons. The van der Waals surface area contributed by atoms with Crippen LogP contribution in [0, 0.1) is 0 Å². The lowest BCUT2D eigenvalue weighted by molar-refractivity contribution is 0.412. The lowest BCUT2D eigenvalue weighted by atomic mass is 10.6. The van der Waals surface area contributed by atoms with Crippen LogP contribution >= 0.6 is 22.9 Å². The molecular weight excluding hydrogens is 172 g/mol. The monoisotopic (exact) mass is 178 g/mol. The van der Waals surface area contributed by atoms with Crippen molar-refractivity contribution in [3.63, 3.8) is 0 Å². The number of thiazole rings is 1.